The van der Waals surface area contributed by atoms with Crippen LogP contribution in [0.2, 0.25) is 0 Å². The van der Waals surface area contributed by atoms with Gasteiger partial charge in [0.15, 0.2) is 0 Å². The molecule has 0 aliphatic rings. The van der Waals surface area contributed by atoms with Crippen LogP contribution in [-0.2, 0) is 12.4 Å². The lowest BCUT2D eigenvalue weighted by Crippen LogP contribution is -2.11. The second kappa shape index (κ2) is 17.3. The molecule has 382 valence electrons. The van der Waals surface area contributed by atoms with Gasteiger partial charge < -0.3 is 18.3 Å². The predicted octanol–water partition coefficient (Wildman–Crippen LogP) is 19.3. The first kappa shape index (κ1) is 46.9. The first-order chi connectivity index (χ1) is 38.9. The third kappa shape index (κ3) is 6.98. The van der Waals surface area contributed by atoms with Crippen molar-refractivity contribution in [3.63, 3.8) is 0 Å². The van der Waals surface area contributed by atoms with Crippen LogP contribution in [0.15, 0.2) is 237 Å². The van der Waals surface area contributed by atoms with Crippen LogP contribution in [0.4, 0.5) is 26.3 Å². The minimum Gasteiger partial charge on any atom is -0.309 e. The monoisotopic (exact) mass is 1050 g/mol. The van der Waals surface area contributed by atoms with E-state index in [1.165, 1.54) is 0 Å². The maximum Gasteiger partial charge on any atom is 0.416 e. The summed E-state index contributed by atoms with van der Waals surface area (Å²) >= 11 is 0. The molecule has 5 nitrogen and oxygen atoms in total. The van der Waals surface area contributed by atoms with E-state index in [9.17, 15) is 31.6 Å². The van der Waals surface area contributed by atoms with Gasteiger partial charge in [-0.25, -0.2) is 0 Å². The number of hydrogen-bond acceptors (Lipinski definition) is 1. The van der Waals surface area contributed by atoms with E-state index in [-0.39, 0.29) is 28.3 Å². The fraction of sp³-hybridized carbons (Fsp3) is 0.0290. The Bertz CT molecular complexity index is 5000. The van der Waals surface area contributed by atoms with Gasteiger partial charge >= 0.3 is 12.4 Å². The molecule has 0 N–H and O–H groups in total. The van der Waals surface area contributed by atoms with Gasteiger partial charge in [0.25, 0.3) is 0 Å². The Kier molecular flexibility index (Phi) is 10.2. The SMILES string of the molecule is N#Cc1cccc(-n2c3ccccc3c3cc(-n4c5ccccc5c5ccccc54)ccc32)c1-c1c(-c2cc(C(F)(F)F)cc(C(F)(F)F)c2)cccc1-n1c2ccccc2c2cc(-n3c4ccccc4c4ccccc43)ccc21. The molecule has 0 bridgehead atoms. The maximum absolute atomic E-state index is 15.0. The number of nitriles is 1. The highest BCUT2D eigenvalue weighted by molar-refractivity contribution is 6.15. The van der Waals surface area contributed by atoms with Crippen molar-refractivity contribution in [3.05, 3.63) is 253 Å². The Morgan fingerprint density at radius 2 is 0.637 bits per heavy atom. The van der Waals surface area contributed by atoms with Crippen LogP contribution in [0.1, 0.15) is 16.7 Å². The van der Waals surface area contributed by atoms with Crippen LogP contribution in [0.25, 0.3) is 132 Å². The lowest BCUT2D eigenvalue weighted by Gasteiger charge is -2.23. The van der Waals surface area contributed by atoms with Crippen molar-refractivity contribution in [2.24, 2.45) is 0 Å². The fourth-order valence-corrected chi connectivity index (χ4v) is 12.5. The van der Waals surface area contributed by atoms with Gasteiger partial charge in [0.2, 0.25) is 0 Å². The van der Waals surface area contributed by atoms with Gasteiger partial charge in [0, 0.05) is 65.6 Å². The predicted molar refractivity (Wildman–Crippen MR) is 309 cm³/mol. The van der Waals surface area contributed by atoms with Gasteiger partial charge in [0.05, 0.1) is 78.3 Å². The molecule has 0 atom stereocenters. The van der Waals surface area contributed by atoms with Crippen molar-refractivity contribution in [1.82, 2.24) is 18.3 Å². The number of aromatic nitrogens is 4. The number of benzene rings is 11. The Hall–Kier alpha value is -10.3. The van der Waals surface area contributed by atoms with Crippen molar-refractivity contribution in [2.45, 2.75) is 12.4 Å². The molecule has 0 fully saturated rings. The summed E-state index contributed by atoms with van der Waals surface area (Å²) in [6.45, 7) is 0. The molecule has 0 amide bonds. The van der Waals surface area contributed by atoms with Crippen LogP contribution in [0.3, 0.4) is 0 Å². The van der Waals surface area contributed by atoms with E-state index in [0.717, 1.165) is 111 Å². The normalized spacial score (nSPS) is 12.4. The second-order valence-corrected chi connectivity index (χ2v) is 20.2. The molecule has 80 heavy (non-hydrogen) atoms. The molecule has 0 unspecified atom stereocenters. The highest BCUT2D eigenvalue weighted by atomic mass is 19.4. The topological polar surface area (TPSA) is 43.5 Å². The first-order valence-corrected chi connectivity index (χ1v) is 26.0. The lowest BCUT2D eigenvalue weighted by atomic mass is 9.87. The summed E-state index contributed by atoms with van der Waals surface area (Å²) in [6, 6.07) is 75.4. The van der Waals surface area contributed by atoms with Gasteiger partial charge in [-0.3, -0.25) is 0 Å². The molecular formula is C69H39F6N5. The Labute approximate surface area is 451 Å². The Balaban J connectivity index is 1.04. The summed E-state index contributed by atoms with van der Waals surface area (Å²) in [5.74, 6) is 0. The second-order valence-electron chi connectivity index (χ2n) is 20.2. The molecular weight excluding hydrogens is 1010 g/mol. The van der Waals surface area contributed by atoms with Crippen LogP contribution in [0, 0.1) is 11.3 Å². The molecule has 11 heteroatoms. The van der Waals surface area contributed by atoms with Gasteiger partial charge in [-0.15, -0.1) is 0 Å². The van der Waals surface area contributed by atoms with Crippen LogP contribution < -0.4 is 0 Å². The summed E-state index contributed by atoms with van der Waals surface area (Å²) in [5, 5.41) is 19.3. The molecule has 0 radical (unpaired) electrons. The summed E-state index contributed by atoms with van der Waals surface area (Å²) in [4.78, 5) is 0. The average molecular weight is 1050 g/mol. The number of rotatable bonds is 6. The zero-order chi connectivity index (χ0) is 54.2. The Morgan fingerprint density at radius 3 is 1.02 bits per heavy atom. The number of para-hydroxylation sites is 6. The third-order valence-corrected chi connectivity index (χ3v) is 15.8. The van der Waals surface area contributed by atoms with E-state index in [2.05, 4.69) is 81.9 Å². The summed E-state index contributed by atoms with van der Waals surface area (Å²) in [7, 11) is 0. The van der Waals surface area contributed by atoms with Crippen LogP contribution in [0.5, 0.6) is 0 Å². The van der Waals surface area contributed by atoms with E-state index < -0.39 is 23.5 Å². The summed E-state index contributed by atoms with van der Waals surface area (Å²) < 4.78 is 98.2. The third-order valence-electron chi connectivity index (χ3n) is 15.8. The number of alkyl halides is 6. The van der Waals surface area contributed by atoms with E-state index in [0.29, 0.717) is 16.9 Å². The first-order valence-electron chi connectivity index (χ1n) is 26.0. The molecule has 11 aromatic carbocycles. The molecule has 4 aromatic heterocycles. The zero-order valence-corrected chi connectivity index (χ0v) is 42.0. The van der Waals surface area contributed by atoms with Crippen molar-refractivity contribution in [2.75, 3.05) is 0 Å². The number of fused-ring (bicyclic) bond motifs is 12. The standard InChI is InChI=1S/C69H39F6N5/c70-68(71,72)43-35-42(36-44(37-43)69(73,74)75)47-22-14-30-65(80-61-28-12-6-21-53(61)55-39-46(32-34-63(55)80)78-58-25-9-3-18-50(58)51-19-4-10-26-59(51)78)67(47)66-41(40-76)15-13-29-64(66)79-60-27-11-5-20-52(60)54-38-45(31-33-62(54)79)77-56-23-7-1-16-48(56)49-17-2-8-24-57(49)77/h1-39H. The summed E-state index contributed by atoms with van der Waals surface area (Å²) in [6.07, 6.45) is -10.3. The van der Waals surface area contributed by atoms with E-state index >= 15 is 0 Å². The maximum atomic E-state index is 15.0. The van der Waals surface area contributed by atoms with Crippen molar-refractivity contribution in [3.8, 4) is 51.1 Å². The highest BCUT2D eigenvalue weighted by Crippen LogP contribution is 2.49. The van der Waals surface area contributed by atoms with Gasteiger partial charge in [-0.2, -0.15) is 31.6 Å². The minimum absolute atomic E-state index is 0.0605. The fourth-order valence-electron chi connectivity index (χ4n) is 12.5. The van der Waals surface area contributed by atoms with E-state index in [1.54, 1.807) is 24.3 Å². The zero-order valence-electron chi connectivity index (χ0n) is 42.0. The van der Waals surface area contributed by atoms with Gasteiger partial charge in [-0.1, -0.05) is 127 Å². The number of nitrogens with zero attached hydrogens (tertiary/aromatic N) is 5. The van der Waals surface area contributed by atoms with Gasteiger partial charge in [-0.05, 0) is 120 Å². The average Bonchev–Trinajstić information content (AvgIpc) is 4.38. The lowest BCUT2D eigenvalue weighted by molar-refractivity contribution is -0.143. The minimum atomic E-state index is -5.13. The Morgan fingerprint density at radius 1 is 0.300 bits per heavy atom. The van der Waals surface area contributed by atoms with Crippen LogP contribution >= 0.6 is 0 Å². The molecule has 15 aromatic rings. The molecule has 0 aliphatic heterocycles. The molecule has 4 heterocycles. The molecule has 0 aliphatic carbocycles. The van der Waals surface area contributed by atoms with Crippen molar-refractivity contribution >= 4 is 87.2 Å². The molecule has 0 saturated carbocycles. The highest BCUT2D eigenvalue weighted by Gasteiger charge is 2.38. The molecule has 0 spiro atoms. The van der Waals surface area contributed by atoms with E-state index in [4.69, 9.17) is 0 Å². The largest absolute Gasteiger partial charge is 0.416 e. The molecule has 0 saturated heterocycles. The van der Waals surface area contributed by atoms with Crippen molar-refractivity contribution in [1.29, 1.82) is 5.26 Å². The van der Waals surface area contributed by atoms with Gasteiger partial charge in [0.1, 0.15) is 0 Å². The summed E-state index contributed by atoms with van der Waals surface area (Å²) in [5.41, 5.74) is 7.34. The smallest absolute Gasteiger partial charge is 0.309 e. The van der Waals surface area contributed by atoms with E-state index in [1.807, 2.05) is 137 Å². The molecule has 15 rings (SSSR count). The van der Waals surface area contributed by atoms with Crippen molar-refractivity contribution < 1.29 is 26.3 Å². The number of hydrogen-bond donors (Lipinski definition) is 0. The number of halogens is 6. The van der Waals surface area contributed by atoms with Crippen LogP contribution in [-0.4, -0.2) is 18.3 Å². The quantitative estimate of drug-likeness (QED) is 0.153.